The normalized spacial score (nSPS) is 10.7. The van der Waals surface area contributed by atoms with Gasteiger partial charge in [0.2, 0.25) is 5.82 Å². The topological polar surface area (TPSA) is 92.3 Å². The van der Waals surface area contributed by atoms with Crippen molar-refractivity contribution < 1.29 is 14.7 Å². The van der Waals surface area contributed by atoms with Crippen LogP contribution in [0.4, 0.5) is 0 Å². The summed E-state index contributed by atoms with van der Waals surface area (Å²) in [6.07, 6.45) is 1.65. The summed E-state index contributed by atoms with van der Waals surface area (Å²) in [6, 6.07) is 7.82. The minimum Gasteiger partial charge on any atom is -0.508 e. The van der Waals surface area contributed by atoms with Gasteiger partial charge in [0.25, 0.3) is 5.89 Å². The molecular formula is C14H11N3O3. The average Bonchev–Trinajstić information content (AvgIpc) is 2.87. The summed E-state index contributed by atoms with van der Waals surface area (Å²) in [5.74, 6) is 0.416. The van der Waals surface area contributed by atoms with Crippen molar-refractivity contribution in [1.82, 2.24) is 15.1 Å². The van der Waals surface area contributed by atoms with Crippen molar-refractivity contribution in [1.29, 1.82) is 0 Å². The van der Waals surface area contributed by atoms with Crippen molar-refractivity contribution in [3.8, 4) is 34.5 Å². The molecule has 0 unspecified atom stereocenters. The molecule has 0 amide bonds. The van der Waals surface area contributed by atoms with Gasteiger partial charge < -0.3 is 14.7 Å². The van der Waals surface area contributed by atoms with Crippen LogP contribution in [0.5, 0.6) is 11.5 Å². The van der Waals surface area contributed by atoms with Crippen molar-refractivity contribution in [3.05, 3.63) is 42.1 Å². The number of nitrogens with zero attached hydrogens (tertiary/aromatic N) is 3. The molecule has 0 saturated carbocycles. The third-order valence-corrected chi connectivity index (χ3v) is 2.80. The number of pyridine rings is 1. The lowest BCUT2D eigenvalue weighted by molar-refractivity contribution is 0.428. The molecule has 3 rings (SSSR count). The number of aromatic hydroxyl groups is 2. The van der Waals surface area contributed by atoms with E-state index < -0.39 is 0 Å². The van der Waals surface area contributed by atoms with Crippen LogP contribution >= 0.6 is 0 Å². The Labute approximate surface area is 114 Å². The Morgan fingerprint density at radius 2 is 1.85 bits per heavy atom. The van der Waals surface area contributed by atoms with Gasteiger partial charge in [-0.3, -0.25) is 4.98 Å². The fraction of sp³-hybridized carbons (Fsp3) is 0.0714. The second-order valence-corrected chi connectivity index (χ2v) is 4.33. The number of aryl methyl sites for hydroxylation is 1. The van der Waals surface area contributed by atoms with Gasteiger partial charge in [-0.05, 0) is 30.7 Å². The first-order valence-electron chi connectivity index (χ1n) is 5.92. The standard InChI is InChI=1S/C14H11N3O3/c1-8-3-2-4-15-12(8)13-16-14(20-17-13)9-5-10(18)7-11(19)6-9/h2-7,18-19H,1H3. The second kappa shape index (κ2) is 4.65. The van der Waals surface area contributed by atoms with E-state index in [1.807, 2.05) is 19.1 Å². The van der Waals surface area contributed by atoms with Gasteiger partial charge in [-0.2, -0.15) is 4.98 Å². The molecule has 2 heterocycles. The number of hydrogen-bond donors (Lipinski definition) is 2. The van der Waals surface area contributed by atoms with E-state index in [1.54, 1.807) is 6.20 Å². The number of aromatic nitrogens is 3. The molecule has 0 aliphatic carbocycles. The van der Waals surface area contributed by atoms with Crippen LogP contribution in [0.25, 0.3) is 23.0 Å². The number of phenolic OH excluding ortho intramolecular Hbond substituents is 2. The molecule has 100 valence electrons. The average molecular weight is 269 g/mol. The monoisotopic (exact) mass is 269 g/mol. The van der Waals surface area contributed by atoms with Gasteiger partial charge >= 0.3 is 0 Å². The Kier molecular flexibility index (Phi) is 2.83. The van der Waals surface area contributed by atoms with E-state index in [0.717, 1.165) is 5.56 Å². The highest BCUT2D eigenvalue weighted by molar-refractivity contribution is 5.62. The molecule has 20 heavy (non-hydrogen) atoms. The Hall–Kier alpha value is -2.89. The molecule has 0 spiro atoms. The number of phenols is 2. The Bertz CT molecular complexity index is 748. The van der Waals surface area contributed by atoms with Gasteiger partial charge in [0, 0.05) is 17.8 Å². The van der Waals surface area contributed by atoms with Crippen molar-refractivity contribution in [3.63, 3.8) is 0 Å². The SMILES string of the molecule is Cc1cccnc1-c1noc(-c2cc(O)cc(O)c2)n1. The summed E-state index contributed by atoms with van der Waals surface area (Å²) >= 11 is 0. The first kappa shape index (κ1) is 12.2. The molecule has 3 aromatic rings. The van der Waals surface area contributed by atoms with Crippen LogP contribution in [-0.2, 0) is 0 Å². The molecule has 0 aliphatic rings. The smallest absolute Gasteiger partial charge is 0.258 e. The van der Waals surface area contributed by atoms with E-state index in [1.165, 1.54) is 18.2 Å². The van der Waals surface area contributed by atoms with E-state index >= 15 is 0 Å². The van der Waals surface area contributed by atoms with Crippen LogP contribution in [-0.4, -0.2) is 25.3 Å². The molecular weight excluding hydrogens is 258 g/mol. The number of benzene rings is 1. The maximum Gasteiger partial charge on any atom is 0.258 e. The van der Waals surface area contributed by atoms with Gasteiger partial charge in [-0.1, -0.05) is 11.2 Å². The fourth-order valence-corrected chi connectivity index (χ4v) is 1.88. The molecule has 0 radical (unpaired) electrons. The lowest BCUT2D eigenvalue weighted by Crippen LogP contribution is -1.89. The van der Waals surface area contributed by atoms with Crippen molar-refractivity contribution in [2.24, 2.45) is 0 Å². The summed E-state index contributed by atoms with van der Waals surface area (Å²) < 4.78 is 5.15. The lowest BCUT2D eigenvalue weighted by atomic mass is 10.2. The van der Waals surface area contributed by atoms with Gasteiger partial charge in [-0.25, -0.2) is 0 Å². The first-order chi connectivity index (χ1) is 9.63. The predicted octanol–water partition coefficient (Wildman–Crippen LogP) is 2.52. The van der Waals surface area contributed by atoms with Crippen LogP contribution in [0.1, 0.15) is 5.56 Å². The highest BCUT2D eigenvalue weighted by Crippen LogP contribution is 2.28. The summed E-state index contributed by atoms with van der Waals surface area (Å²) in [4.78, 5) is 8.44. The van der Waals surface area contributed by atoms with Crippen LogP contribution in [0.3, 0.4) is 0 Å². The van der Waals surface area contributed by atoms with E-state index in [9.17, 15) is 10.2 Å². The van der Waals surface area contributed by atoms with Crippen LogP contribution < -0.4 is 0 Å². The Balaban J connectivity index is 2.04. The molecule has 0 fully saturated rings. The maximum absolute atomic E-state index is 9.46. The molecule has 6 nitrogen and oxygen atoms in total. The van der Waals surface area contributed by atoms with Gasteiger partial charge in [0.15, 0.2) is 0 Å². The van der Waals surface area contributed by atoms with Crippen molar-refractivity contribution >= 4 is 0 Å². The first-order valence-corrected chi connectivity index (χ1v) is 5.92. The van der Waals surface area contributed by atoms with E-state index in [0.29, 0.717) is 17.1 Å². The quantitative estimate of drug-likeness (QED) is 0.742. The highest BCUT2D eigenvalue weighted by atomic mass is 16.5. The predicted molar refractivity (Wildman–Crippen MR) is 71.0 cm³/mol. The van der Waals surface area contributed by atoms with Crippen LogP contribution in [0, 0.1) is 6.92 Å². The number of rotatable bonds is 2. The molecule has 0 bridgehead atoms. The number of hydrogen-bond acceptors (Lipinski definition) is 6. The summed E-state index contributed by atoms with van der Waals surface area (Å²) in [6.45, 7) is 1.90. The van der Waals surface area contributed by atoms with Gasteiger partial charge in [-0.15, -0.1) is 0 Å². The van der Waals surface area contributed by atoms with E-state index in [2.05, 4.69) is 15.1 Å². The minimum absolute atomic E-state index is 0.0752. The molecule has 1 aromatic carbocycles. The summed E-state index contributed by atoms with van der Waals surface area (Å²) in [5, 5.41) is 22.8. The summed E-state index contributed by atoms with van der Waals surface area (Å²) in [5.41, 5.74) is 2.00. The molecule has 2 N–H and O–H groups in total. The van der Waals surface area contributed by atoms with E-state index in [4.69, 9.17) is 4.52 Å². The Morgan fingerprint density at radius 1 is 1.10 bits per heavy atom. The van der Waals surface area contributed by atoms with Gasteiger partial charge in [0.1, 0.15) is 17.2 Å². The third-order valence-electron chi connectivity index (χ3n) is 2.80. The van der Waals surface area contributed by atoms with Crippen LogP contribution in [0.2, 0.25) is 0 Å². The van der Waals surface area contributed by atoms with Crippen LogP contribution in [0.15, 0.2) is 41.1 Å². The second-order valence-electron chi connectivity index (χ2n) is 4.33. The Morgan fingerprint density at radius 3 is 2.55 bits per heavy atom. The van der Waals surface area contributed by atoms with Gasteiger partial charge in [0.05, 0.1) is 0 Å². The molecule has 0 saturated heterocycles. The maximum atomic E-state index is 9.46. The lowest BCUT2D eigenvalue weighted by Gasteiger charge is -1.98. The molecule has 6 heteroatoms. The zero-order valence-corrected chi connectivity index (χ0v) is 10.6. The van der Waals surface area contributed by atoms with E-state index in [-0.39, 0.29) is 17.4 Å². The molecule has 0 atom stereocenters. The van der Waals surface area contributed by atoms with Crippen molar-refractivity contribution in [2.75, 3.05) is 0 Å². The third kappa shape index (κ3) is 2.18. The fourth-order valence-electron chi connectivity index (χ4n) is 1.88. The minimum atomic E-state index is -0.0752. The highest BCUT2D eigenvalue weighted by Gasteiger charge is 2.14. The zero-order chi connectivity index (χ0) is 14.1. The summed E-state index contributed by atoms with van der Waals surface area (Å²) in [7, 11) is 0. The largest absolute Gasteiger partial charge is 0.508 e. The van der Waals surface area contributed by atoms with Crippen molar-refractivity contribution in [2.45, 2.75) is 6.92 Å². The molecule has 2 aromatic heterocycles. The zero-order valence-electron chi connectivity index (χ0n) is 10.6. The molecule has 0 aliphatic heterocycles.